The summed E-state index contributed by atoms with van der Waals surface area (Å²) in [6, 6.07) is 19.2. The predicted octanol–water partition coefficient (Wildman–Crippen LogP) is 4.57. The quantitative estimate of drug-likeness (QED) is 0.532. The van der Waals surface area contributed by atoms with Crippen LogP contribution in [-0.4, -0.2) is 0 Å². The number of benzene rings is 3. The first kappa shape index (κ1) is 11.9. The Labute approximate surface area is 113 Å². The second-order valence-electron chi connectivity index (χ2n) is 4.86. The Morgan fingerprint density at radius 3 is 2.32 bits per heavy atom. The molecule has 0 amide bonds. The molecule has 94 valence electrons. The van der Waals surface area contributed by atoms with Crippen LogP contribution in [0.4, 0.5) is 0 Å². The summed E-state index contributed by atoms with van der Waals surface area (Å²) in [4.78, 5) is 0. The highest BCUT2D eigenvalue weighted by Gasteiger charge is 2.11. The summed E-state index contributed by atoms with van der Waals surface area (Å²) in [5.74, 6) is 0. The van der Waals surface area contributed by atoms with E-state index in [1.165, 1.54) is 27.1 Å². The lowest BCUT2D eigenvalue weighted by Crippen LogP contribution is -2.09. The van der Waals surface area contributed by atoms with Gasteiger partial charge in [0.05, 0.1) is 0 Å². The van der Waals surface area contributed by atoms with E-state index in [2.05, 4.69) is 61.2 Å². The summed E-state index contributed by atoms with van der Waals surface area (Å²) in [6.45, 7) is 3.79. The third-order valence-corrected chi connectivity index (χ3v) is 3.62. The smallest absolute Gasteiger partial charge is 0.0336 e. The van der Waals surface area contributed by atoms with Crippen LogP contribution in [0.1, 0.15) is 18.0 Å². The van der Waals surface area contributed by atoms with Crippen LogP contribution >= 0.6 is 0 Å². The molecule has 0 aromatic heterocycles. The van der Waals surface area contributed by atoms with Crippen molar-refractivity contribution in [2.24, 2.45) is 5.73 Å². The topological polar surface area (TPSA) is 26.0 Å². The van der Waals surface area contributed by atoms with E-state index in [1.54, 1.807) is 0 Å². The molecule has 0 saturated carbocycles. The first-order chi connectivity index (χ1) is 9.31. The second kappa shape index (κ2) is 4.87. The number of rotatable bonds is 3. The molecule has 0 fully saturated rings. The lowest BCUT2D eigenvalue weighted by atomic mass is 9.93. The van der Waals surface area contributed by atoms with Crippen LogP contribution in [0, 0.1) is 0 Å². The molecule has 19 heavy (non-hydrogen) atoms. The fraction of sp³-hybridized carbons (Fsp3) is 0.111. The predicted molar refractivity (Wildman–Crippen MR) is 83.2 cm³/mol. The van der Waals surface area contributed by atoms with E-state index in [4.69, 9.17) is 5.73 Å². The average molecular weight is 247 g/mol. The maximum atomic E-state index is 6.29. The minimum Gasteiger partial charge on any atom is -0.324 e. The summed E-state index contributed by atoms with van der Waals surface area (Å²) in [5, 5.41) is 5.05. The molecule has 1 atom stereocenters. The molecule has 0 radical (unpaired) electrons. The lowest BCUT2D eigenvalue weighted by molar-refractivity contribution is 0.749. The molecule has 0 heterocycles. The average Bonchev–Trinajstić information content (AvgIpc) is 2.46. The third-order valence-electron chi connectivity index (χ3n) is 3.62. The lowest BCUT2D eigenvalue weighted by Gasteiger charge is -2.15. The van der Waals surface area contributed by atoms with Gasteiger partial charge in [0.15, 0.2) is 0 Å². The molecular formula is C18H17N. The summed E-state index contributed by atoms with van der Waals surface area (Å²) in [6.07, 6.45) is 2.68. The highest BCUT2D eigenvalue weighted by atomic mass is 14.6. The number of hydrogen-bond donors (Lipinski definition) is 1. The Hall–Kier alpha value is -2.12. The summed E-state index contributed by atoms with van der Waals surface area (Å²) in [7, 11) is 0. The van der Waals surface area contributed by atoms with Gasteiger partial charge in [-0.05, 0) is 39.6 Å². The molecule has 0 aliphatic rings. The summed E-state index contributed by atoms with van der Waals surface area (Å²) in [5.41, 5.74) is 7.49. The number of hydrogen-bond acceptors (Lipinski definition) is 1. The minimum atomic E-state index is 0.00649. The van der Waals surface area contributed by atoms with Crippen LogP contribution in [0.15, 0.2) is 67.3 Å². The van der Waals surface area contributed by atoms with Gasteiger partial charge in [0.25, 0.3) is 0 Å². The van der Waals surface area contributed by atoms with Gasteiger partial charge in [-0.25, -0.2) is 0 Å². The van der Waals surface area contributed by atoms with Crippen molar-refractivity contribution in [3.8, 4) is 0 Å². The van der Waals surface area contributed by atoms with Crippen LogP contribution in [0.25, 0.3) is 21.5 Å². The van der Waals surface area contributed by atoms with E-state index < -0.39 is 0 Å². The van der Waals surface area contributed by atoms with Gasteiger partial charge in [0.2, 0.25) is 0 Å². The van der Waals surface area contributed by atoms with E-state index in [9.17, 15) is 0 Å². The van der Waals surface area contributed by atoms with Crippen molar-refractivity contribution >= 4 is 21.5 Å². The molecule has 1 heteroatoms. The molecule has 1 nitrogen and oxygen atoms in total. The zero-order chi connectivity index (χ0) is 13.2. The fourth-order valence-electron chi connectivity index (χ4n) is 2.70. The van der Waals surface area contributed by atoms with Crippen LogP contribution < -0.4 is 5.73 Å². The molecule has 0 unspecified atom stereocenters. The van der Waals surface area contributed by atoms with Gasteiger partial charge in [0.1, 0.15) is 0 Å². The van der Waals surface area contributed by atoms with Gasteiger partial charge in [-0.15, -0.1) is 6.58 Å². The van der Waals surface area contributed by atoms with Crippen molar-refractivity contribution in [1.82, 2.24) is 0 Å². The first-order valence-corrected chi connectivity index (χ1v) is 6.58. The summed E-state index contributed by atoms with van der Waals surface area (Å²) >= 11 is 0. The maximum absolute atomic E-state index is 6.29. The third kappa shape index (κ3) is 2.02. The van der Waals surface area contributed by atoms with Gasteiger partial charge in [-0.1, -0.05) is 54.6 Å². The largest absolute Gasteiger partial charge is 0.324 e. The van der Waals surface area contributed by atoms with Crippen molar-refractivity contribution in [2.75, 3.05) is 0 Å². The van der Waals surface area contributed by atoms with Crippen LogP contribution in [0.5, 0.6) is 0 Å². The zero-order valence-electron chi connectivity index (χ0n) is 10.8. The van der Waals surface area contributed by atoms with Crippen LogP contribution in [0.2, 0.25) is 0 Å². The standard InChI is InChI=1S/C18H17N/c1-2-7-18(19)17-12-13-8-3-4-9-14(13)15-10-5-6-11-16(15)17/h2-6,8-12,18H,1,7,19H2/t18-/m1/s1. The molecule has 2 N–H and O–H groups in total. The Balaban J connectivity index is 2.38. The molecule has 0 bridgehead atoms. The van der Waals surface area contributed by atoms with Gasteiger partial charge in [0, 0.05) is 6.04 Å². The monoisotopic (exact) mass is 247 g/mol. The highest BCUT2D eigenvalue weighted by Crippen LogP contribution is 2.32. The molecule has 3 aromatic carbocycles. The molecule has 3 rings (SSSR count). The Morgan fingerprint density at radius 2 is 1.58 bits per heavy atom. The zero-order valence-corrected chi connectivity index (χ0v) is 10.8. The van der Waals surface area contributed by atoms with Crippen molar-refractivity contribution in [3.63, 3.8) is 0 Å². The normalized spacial score (nSPS) is 12.7. The molecular weight excluding hydrogens is 230 g/mol. The molecule has 0 aliphatic heterocycles. The van der Waals surface area contributed by atoms with Crippen LogP contribution in [-0.2, 0) is 0 Å². The van der Waals surface area contributed by atoms with E-state index in [0.717, 1.165) is 6.42 Å². The van der Waals surface area contributed by atoms with Crippen molar-refractivity contribution < 1.29 is 0 Å². The summed E-state index contributed by atoms with van der Waals surface area (Å²) < 4.78 is 0. The van der Waals surface area contributed by atoms with Gasteiger partial charge < -0.3 is 5.73 Å². The van der Waals surface area contributed by atoms with E-state index in [1.807, 2.05) is 6.08 Å². The Kier molecular flexibility index (Phi) is 3.06. The van der Waals surface area contributed by atoms with Gasteiger partial charge in [-0.2, -0.15) is 0 Å². The SMILES string of the molecule is C=CC[C@@H](N)c1cc2ccccc2c2ccccc12. The van der Waals surface area contributed by atoms with Gasteiger partial charge >= 0.3 is 0 Å². The maximum Gasteiger partial charge on any atom is 0.0336 e. The van der Waals surface area contributed by atoms with Crippen molar-refractivity contribution in [2.45, 2.75) is 12.5 Å². The number of nitrogens with two attached hydrogens (primary N) is 1. The highest BCUT2D eigenvalue weighted by molar-refractivity contribution is 6.09. The minimum absolute atomic E-state index is 0.00649. The van der Waals surface area contributed by atoms with Crippen LogP contribution in [0.3, 0.4) is 0 Å². The Morgan fingerprint density at radius 1 is 0.947 bits per heavy atom. The van der Waals surface area contributed by atoms with E-state index >= 15 is 0 Å². The van der Waals surface area contributed by atoms with E-state index in [0.29, 0.717) is 0 Å². The van der Waals surface area contributed by atoms with Crippen molar-refractivity contribution in [3.05, 3.63) is 72.8 Å². The second-order valence-corrected chi connectivity index (χ2v) is 4.86. The van der Waals surface area contributed by atoms with Crippen molar-refractivity contribution in [1.29, 1.82) is 0 Å². The fourth-order valence-corrected chi connectivity index (χ4v) is 2.70. The molecule has 0 saturated heterocycles. The molecule has 0 spiro atoms. The van der Waals surface area contributed by atoms with Gasteiger partial charge in [-0.3, -0.25) is 0 Å². The molecule has 3 aromatic rings. The Bertz CT molecular complexity index is 743. The number of fused-ring (bicyclic) bond motifs is 3. The first-order valence-electron chi connectivity index (χ1n) is 6.58. The molecule has 0 aliphatic carbocycles. The van der Waals surface area contributed by atoms with E-state index in [-0.39, 0.29) is 6.04 Å².